The fraction of sp³-hybridized carbons (Fsp3) is 0.440. The zero-order valence-electron chi connectivity index (χ0n) is 18.9. The van der Waals surface area contributed by atoms with Crippen molar-refractivity contribution in [3.8, 4) is 5.75 Å². The van der Waals surface area contributed by atoms with Crippen LogP contribution in [0, 0.1) is 0 Å². The van der Waals surface area contributed by atoms with E-state index in [1.165, 1.54) is 0 Å². The highest BCUT2D eigenvalue weighted by atomic mass is 16.5. The Hall–Kier alpha value is -2.86. The molecule has 0 unspecified atom stereocenters. The summed E-state index contributed by atoms with van der Waals surface area (Å²) in [5.41, 5.74) is 3.86. The molecule has 1 aliphatic heterocycles. The zero-order chi connectivity index (χ0) is 22.0. The number of amides is 1. The number of likely N-dealkylation sites (tertiary alicyclic amines) is 1. The van der Waals surface area contributed by atoms with Gasteiger partial charge >= 0.3 is 0 Å². The maximum Gasteiger partial charge on any atom is 0.253 e. The molecule has 2 aromatic carbocycles. The van der Waals surface area contributed by atoms with Crippen LogP contribution >= 0.6 is 0 Å². The number of hydrogen-bond acceptors (Lipinski definition) is 4. The third-order valence-electron chi connectivity index (χ3n) is 6.48. The molecule has 0 atom stereocenters. The first-order valence-corrected chi connectivity index (χ1v) is 11.1. The van der Waals surface area contributed by atoms with Gasteiger partial charge in [0.15, 0.2) is 0 Å². The minimum atomic E-state index is 0.106. The molecule has 6 heteroatoms. The number of carbonyl (C=O) groups is 1. The molecule has 3 aromatic rings. The van der Waals surface area contributed by atoms with Crippen LogP contribution in [0.1, 0.15) is 42.6 Å². The second-order valence-corrected chi connectivity index (χ2v) is 8.70. The lowest BCUT2D eigenvalue weighted by Crippen LogP contribution is -2.47. The lowest BCUT2D eigenvalue weighted by molar-refractivity contribution is 0.0615. The summed E-state index contributed by atoms with van der Waals surface area (Å²) < 4.78 is 7.39. The molecule has 164 valence electrons. The molecule has 2 heterocycles. The van der Waals surface area contributed by atoms with Crippen LogP contribution in [-0.4, -0.2) is 64.6 Å². The van der Waals surface area contributed by atoms with Gasteiger partial charge in [0.05, 0.1) is 24.5 Å². The van der Waals surface area contributed by atoms with Crippen LogP contribution in [0.4, 0.5) is 0 Å². The number of rotatable bonds is 6. The summed E-state index contributed by atoms with van der Waals surface area (Å²) in [6, 6.07) is 14.8. The Kier molecular flexibility index (Phi) is 6.28. The Balaban J connectivity index is 1.40. The van der Waals surface area contributed by atoms with Gasteiger partial charge in [0.2, 0.25) is 0 Å². The van der Waals surface area contributed by atoms with E-state index in [2.05, 4.69) is 28.3 Å². The van der Waals surface area contributed by atoms with Crippen molar-refractivity contribution in [3.05, 3.63) is 59.9 Å². The van der Waals surface area contributed by atoms with E-state index < -0.39 is 0 Å². The van der Waals surface area contributed by atoms with Crippen LogP contribution in [0.2, 0.25) is 0 Å². The van der Waals surface area contributed by atoms with Gasteiger partial charge in [-0.25, -0.2) is 4.98 Å². The highest BCUT2D eigenvalue weighted by Crippen LogP contribution is 2.22. The van der Waals surface area contributed by atoms with E-state index in [4.69, 9.17) is 4.74 Å². The fourth-order valence-electron chi connectivity index (χ4n) is 4.40. The van der Waals surface area contributed by atoms with Gasteiger partial charge in [0.25, 0.3) is 5.91 Å². The first-order chi connectivity index (χ1) is 15.0. The molecule has 0 saturated carbocycles. The Morgan fingerprint density at radius 3 is 2.52 bits per heavy atom. The van der Waals surface area contributed by atoms with E-state index in [0.717, 1.165) is 53.8 Å². The summed E-state index contributed by atoms with van der Waals surface area (Å²) >= 11 is 0. The SMILES string of the molecule is COc1ccc2c(c1)ncn2Cc1ccc(C(=O)N(C)C2CCN(C(C)C)CC2)cc1. The molecule has 0 spiro atoms. The molecular weight excluding hydrogens is 388 g/mol. The van der Waals surface area contributed by atoms with Gasteiger partial charge in [-0.2, -0.15) is 0 Å². The summed E-state index contributed by atoms with van der Waals surface area (Å²) in [5, 5.41) is 0. The molecule has 1 aliphatic rings. The molecule has 0 aliphatic carbocycles. The lowest BCUT2D eigenvalue weighted by Gasteiger charge is -2.38. The predicted molar refractivity (Wildman–Crippen MR) is 124 cm³/mol. The maximum absolute atomic E-state index is 13.0. The molecule has 0 bridgehead atoms. The highest BCUT2D eigenvalue weighted by molar-refractivity contribution is 5.94. The molecule has 1 saturated heterocycles. The third-order valence-corrected chi connectivity index (χ3v) is 6.48. The Morgan fingerprint density at radius 1 is 1.16 bits per heavy atom. The second-order valence-electron chi connectivity index (χ2n) is 8.70. The van der Waals surface area contributed by atoms with Crippen molar-refractivity contribution in [2.24, 2.45) is 0 Å². The topological polar surface area (TPSA) is 50.6 Å². The normalized spacial score (nSPS) is 15.5. The van der Waals surface area contributed by atoms with Gasteiger partial charge in [-0.1, -0.05) is 12.1 Å². The number of fused-ring (bicyclic) bond motifs is 1. The van der Waals surface area contributed by atoms with E-state index in [-0.39, 0.29) is 5.91 Å². The standard InChI is InChI=1S/C25H32N4O2/c1-18(2)28-13-11-21(12-14-28)27(3)25(30)20-7-5-19(6-8-20)16-29-17-26-23-15-22(31-4)9-10-24(23)29/h5-10,15,17-18,21H,11-14,16H2,1-4H3. The summed E-state index contributed by atoms with van der Waals surface area (Å²) in [6.45, 7) is 7.30. The van der Waals surface area contributed by atoms with Crippen molar-refractivity contribution < 1.29 is 9.53 Å². The number of aromatic nitrogens is 2. The van der Waals surface area contributed by atoms with Crippen molar-refractivity contribution >= 4 is 16.9 Å². The Bertz CT molecular complexity index is 1030. The van der Waals surface area contributed by atoms with E-state index >= 15 is 0 Å². The first kappa shape index (κ1) is 21.4. The van der Waals surface area contributed by atoms with Gasteiger partial charge < -0.3 is 19.1 Å². The minimum Gasteiger partial charge on any atom is -0.497 e. The molecule has 4 rings (SSSR count). The van der Waals surface area contributed by atoms with Crippen molar-refractivity contribution in [3.63, 3.8) is 0 Å². The number of carbonyl (C=O) groups excluding carboxylic acids is 1. The number of ether oxygens (including phenoxy) is 1. The van der Waals surface area contributed by atoms with Gasteiger partial charge in [-0.05, 0) is 56.5 Å². The van der Waals surface area contributed by atoms with Gasteiger partial charge in [0, 0.05) is 50.4 Å². The summed E-state index contributed by atoms with van der Waals surface area (Å²) in [7, 11) is 3.60. The van der Waals surface area contributed by atoms with E-state index in [0.29, 0.717) is 18.6 Å². The number of benzene rings is 2. The van der Waals surface area contributed by atoms with Gasteiger partial charge in [-0.15, -0.1) is 0 Å². The van der Waals surface area contributed by atoms with Crippen molar-refractivity contribution in [1.82, 2.24) is 19.4 Å². The lowest BCUT2D eigenvalue weighted by atomic mass is 10.0. The van der Waals surface area contributed by atoms with Gasteiger partial charge in [-0.3, -0.25) is 4.79 Å². The summed E-state index contributed by atoms with van der Waals surface area (Å²) in [6.07, 6.45) is 3.93. The molecule has 31 heavy (non-hydrogen) atoms. The predicted octanol–water partition coefficient (Wildman–Crippen LogP) is 4.04. The van der Waals surface area contributed by atoms with Crippen molar-refractivity contribution in [2.75, 3.05) is 27.2 Å². The van der Waals surface area contributed by atoms with Crippen LogP contribution in [0.15, 0.2) is 48.8 Å². The highest BCUT2D eigenvalue weighted by Gasteiger charge is 2.26. The summed E-state index contributed by atoms with van der Waals surface area (Å²) in [4.78, 5) is 21.9. The smallest absolute Gasteiger partial charge is 0.253 e. The number of hydrogen-bond donors (Lipinski definition) is 0. The number of imidazole rings is 1. The van der Waals surface area contributed by atoms with Crippen LogP contribution < -0.4 is 4.74 Å². The van der Waals surface area contributed by atoms with E-state index in [9.17, 15) is 4.79 Å². The maximum atomic E-state index is 13.0. The molecular formula is C25H32N4O2. The van der Waals surface area contributed by atoms with E-state index in [1.54, 1.807) is 7.11 Å². The van der Waals surface area contributed by atoms with Crippen LogP contribution in [0.5, 0.6) is 5.75 Å². The number of piperidine rings is 1. The Labute approximate surface area is 184 Å². The average molecular weight is 421 g/mol. The van der Waals surface area contributed by atoms with Gasteiger partial charge in [0.1, 0.15) is 5.75 Å². The number of methoxy groups -OCH3 is 1. The minimum absolute atomic E-state index is 0.106. The monoisotopic (exact) mass is 420 g/mol. The molecule has 0 N–H and O–H groups in total. The largest absolute Gasteiger partial charge is 0.497 e. The van der Waals surface area contributed by atoms with E-state index in [1.807, 2.05) is 60.7 Å². The van der Waals surface area contributed by atoms with Crippen molar-refractivity contribution in [2.45, 2.75) is 45.3 Å². The molecule has 6 nitrogen and oxygen atoms in total. The van der Waals surface area contributed by atoms with Crippen LogP contribution in [0.25, 0.3) is 11.0 Å². The molecule has 0 radical (unpaired) electrons. The first-order valence-electron chi connectivity index (χ1n) is 11.1. The summed E-state index contributed by atoms with van der Waals surface area (Å²) in [5.74, 6) is 0.911. The fourth-order valence-corrected chi connectivity index (χ4v) is 4.40. The molecule has 1 fully saturated rings. The third kappa shape index (κ3) is 4.59. The molecule has 1 amide bonds. The van der Waals surface area contributed by atoms with Crippen LogP contribution in [-0.2, 0) is 6.54 Å². The average Bonchev–Trinajstić information content (AvgIpc) is 3.20. The van der Waals surface area contributed by atoms with Crippen LogP contribution in [0.3, 0.4) is 0 Å². The second kappa shape index (κ2) is 9.10. The quantitative estimate of drug-likeness (QED) is 0.604. The Morgan fingerprint density at radius 2 is 1.87 bits per heavy atom. The molecule has 1 aromatic heterocycles. The van der Waals surface area contributed by atoms with Crippen molar-refractivity contribution in [1.29, 1.82) is 0 Å². The zero-order valence-corrected chi connectivity index (χ0v) is 18.9. The number of nitrogens with zero attached hydrogens (tertiary/aromatic N) is 4.